The first-order valence-electron chi connectivity index (χ1n) is 10.6. The fraction of sp³-hybridized carbons (Fsp3) is 0.458. The number of sulfone groups is 1. The Morgan fingerprint density at radius 1 is 1.03 bits per heavy atom. The van der Waals surface area contributed by atoms with E-state index in [1.165, 1.54) is 26.9 Å². The summed E-state index contributed by atoms with van der Waals surface area (Å²) in [4.78, 5) is 15.3. The second-order valence-corrected chi connectivity index (χ2v) is 10.5. The molecule has 1 saturated heterocycles. The molecule has 32 heavy (non-hydrogen) atoms. The smallest absolute Gasteiger partial charge is 0.254 e. The van der Waals surface area contributed by atoms with Gasteiger partial charge in [-0.25, -0.2) is 8.42 Å². The molecule has 1 aliphatic rings. The minimum absolute atomic E-state index is 0.0345. The van der Waals surface area contributed by atoms with E-state index in [4.69, 9.17) is 14.2 Å². The molecule has 0 unspecified atom stereocenters. The molecule has 3 rings (SSSR count). The highest BCUT2D eigenvalue weighted by atomic mass is 32.2. The van der Waals surface area contributed by atoms with E-state index in [1.54, 1.807) is 17.0 Å². The Morgan fingerprint density at radius 3 is 2.06 bits per heavy atom. The maximum atomic E-state index is 13.6. The van der Waals surface area contributed by atoms with Crippen molar-refractivity contribution < 1.29 is 27.4 Å². The van der Waals surface area contributed by atoms with Crippen LogP contribution in [0.4, 0.5) is 0 Å². The van der Waals surface area contributed by atoms with Gasteiger partial charge in [-0.1, -0.05) is 38.1 Å². The minimum atomic E-state index is -3.17. The maximum absolute atomic E-state index is 13.6. The van der Waals surface area contributed by atoms with Crippen molar-refractivity contribution >= 4 is 15.7 Å². The molecular weight excluding hydrogens is 430 g/mol. The molecule has 8 heteroatoms. The maximum Gasteiger partial charge on any atom is 0.254 e. The van der Waals surface area contributed by atoms with Crippen molar-refractivity contribution in [2.75, 3.05) is 32.8 Å². The number of hydrogen-bond acceptors (Lipinski definition) is 6. The Bertz CT molecular complexity index is 1040. The monoisotopic (exact) mass is 461 g/mol. The molecular formula is C24H31NO6S. The number of hydrogen-bond donors (Lipinski definition) is 0. The number of carbonyl (C=O) groups excluding carboxylic acids is 1. The third-order valence-corrected chi connectivity index (χ3v) is 7.57. The Hall–Kier alpha value is -2.74. The lowest BCUT2D eigenvalue weighted by atomic mass is 10.0. The minimum Gasteiger partial charge on any atom is -0.493 e. The first-order chi connectivity index (χ1) is 15.2. The molecule has 0 aliphatic carbocycles. The number of benzene rings is 2. The van der Waals surface area contributed by atoms with E-state index in [2.05, 4.69) is 13.8 Å². The highest BCUT2D eigenvalue weighted by Crippen LogP contribution is 2.39. The van der Waals surface area contributed by atoms with Gasteiger partial charge in [-0.3, -0.25) is 4.79 Å². The van der Waals surface area contributed by atoms with Crippen molar-refractivity contribution in [1.29, 1.82) is 0 Å². The highest BCUT2D eigenvalue weighted by molar-refractivity contribution is 7.91. The summed E-state index contributed by atoms with van der Waals surface area (Å²) in [5.74, 6) is 1.31. The van der Waals surface area contributed by atoms with Gasteiger partial charge in [0.05, 0.1) is 32.8 Å². The van der Waals surface area contributed by atoms with Gasteiger partial charge in [-0.05, 0) is 35.6 Å². The first kappa shape index (κ1) is 23.9. The molecule has 1 heterocycles. The topological polar surface area (TPSA) is 82.1 Å². The molecule has 0 bridgehead atoms. The summed E-state index contributed by atoms with van der Waals surface area (Å²) in [6.07, 6.45) is 0.419. The summed E-state index contributed by atoms with van der Waals surface area (Å²) in [5, 5.41) is 0. The van der Waals surface area contributed by atoms with Gasteiger partial charge in [0.2, 0.25) is 5.75 Å². The van der Waals surface area contributed by atoms with Gasteiger partial charge >= 0.3 is 0 Å². The predicted molar refractivity (Wildman–Crippen MR) is 124 cm³/mol. The van der Waals surface area contributed by atoms with Gasteiger partial charge in [-0.2, -0.15) is 0 Å². The Labute approximate surface area is 190 Å². The fourth-order valence-corrected chi connectivity index (χ4v) is 5.69. The van der Waals surface area contributed by atoms with Crippen LogP contribution in [0.2, 0.25) is 0 Å². The standard InChI is InChI=1S/C24H31NO6S/c1-16(2)18-8-6-17(7-9-18)14-25(20-10-11-32(27,28)15-20)24(26)19-12-21(29-3)23(31-5)22(13-19)30-4/h6-9,12-13,16,20H,10-11,14-15H2,1-5H3/t20-/m1/s1. The number of rotatable bonds is 8. The molecule has 1 amide bonds. The number of methoxy groups -OCH3 is 3. The number of amides is 1. The molecule has 7 nitrogen and oxygen atoms in total. The van der Waals surface area contributed by atoms with E-state index in [1.807, 2.05) is 24.3 Å². The van der Waals surface area contributed by atoms with Crippen LogP contribution in [0, 0.1) is 0 Å². The van der Waals surface area contributed by atoms with E-state index >= 15 is 0 Å². The molecule has 1 aliphatic heterocycles. The normalized spacial score (nSPS) is 17.2. The van der Waals surface area contributed by atoms with E-state index in [9.17, 15) is 13.2 Å². The summed E-state index contributed by atoms with van der Waals surface area (Å²) in [5.41, 5.74) is 2.50. The lowest BCUT2D eigenvalue weighted by Gasteiger charge is -2.29. The Morgan fingerprint density at radius 2 is 1.62 bits per heavy atom. The zero-order chi connectivity index (χ0) is 23.5. The second kappa shape index (κ2) is 9.81. The summed E-state index contributed by atoms with van der Waals surface area (Å²) in [6.45, 7) is 4.56. The lowest BCUT2D eigenvalue weighted by molar-refractivity contribution is 0.0680. The van der Waals surface area contributed by atoms with Crippen LogP contribution in [0.1, 0.15) is 47.7 Å². The van der Waals surface area contributed by atoms with Crippen LogP contribution in [0.25, 0.3) is 0 Å². The molecule has 2 aromatic carbocycles. The van der Waals surface area contributed by atoms with E-state index in [0.717, 1.165) is 5.56 Å². The Kier molecular flexibility index (Phi) is 7.33. The molecule has 0 radical (unpaired) electrons. The fourth-order valence-electron chi connectivity index (χ4n) is 3.96. The van der Waals surface area contributed by atoms with Crippen molar-refractivity contribution in [3.8, 4) is 17.2 Å². The largest absolute Gasteiger partial charge is 0.493 e. The quantitative estimate of drug-likeness (QED) is 0.597. The molecule has 1 atom stereocenters. The van der Waals surface area contributed by atoms with Gasteiger partial charge < -0.3 is 19.1 Å². The average Bonchev–Trinajstić information content (AvgIpc) is 3.15. The van der Waals surface area contributed by atoms with Gasteiger partial charge in [0.25, 0.3) is 5.91 Å². The zero-order valence-electron chi connectivity index (χ0n) is 19.3. The van der Waals surface area contributed by atoms with Crippen LogP contribution < -0.4 is 14.2 Å². The molecule has 174 valence electrons. The molecule has 1 fully saturated rings. The number of ether oxygens (including phenoxy) is 3. The van der Waals surface area contributed by atoms with Crippen LogP contribution in [-0.2, 0) is 16.4 Å². The third-order valence-electron chi connectivity index (χ3n) is 5.82. The van der Waals surface area contributed by atoms with Gasteiger partial charge in [0, 0.05) is 18.2 Å². The van der Waals surface area contributed by atoms with E-state index < -0.39 is 15.9 Å². The van der Waals surface area contributed by atoms with Crippen molar-refractivity contribution in [3.05, 3.63) is 53.1 Å². The van der Waals surface area contributed by atoms with Gasteiger partial charge in [-0.15, -0.1) is 0 Å². The summed E-state index contributed by atoms with van der Waals surface area (Å²) in [7, 11) is 1.31. The summed E-state index contributed by atoms with van der Waals surface area (Å²) in [6, 6.07) is 10.9. The van der Waals surface area contributed by atoms with Crippen molar-refractivity contribution in [1.82, 2.24) is 4.90 Å². The van der Waals surface area contributed by atoms with Crippen LogP contribution >= 0.6 is 0 Å². The summed E-state index contributed by atoms with van der Waals surface area (Å²) < 4.78 is 40.5. The van der Waals surface area contributed by atoms with Crippen molar-refractivity contribution in [2.24, 2.45) is 0 Å². The third kappa shape index (κ3) is 5.18. The van der Waals surface area contributed by atoms with Crippen LogP contribution in [-0.4, -0.2) is 58.1 Å². The second-order valence-electron chi connectivity index (χ2n) is 8.30. The van der Waals surface area contributed by atoms with E-state index in [-0.39, 0.29) is 17.4 Å². The van der Waals surface area contributed by atoms with Crippen molar-refractivity contribution in [2.45, 2.75) is 38.8 Å². The first-order valence-corrected chi connectivity index (χ1v) is 12.4. The average molecular weight is 462 g/mol. The predicted octanol–water partition coefficient (Wildman–Crippen LogP) is 3.67. The molecule has 0 saturated carbocycles. The molecule has 0 N–H and O–H groups in total. The van der Waals surface area contributed by atoms with Gasteiger partial charge in [0.15, 0.2) is 21.3 Å². The van der Waals surface area contributed by atoms with Crippen LogP contribution in [0.15, 0.2) is 36.4 Å². The zero-order valence-corrected chi connectivity index (χ0v) is 20.1. The summed E-state index contributed by atoms with van der Waals surface area (Å²) >= 11 is 0. The molecule has 0 spiro atoms. The van der Waals surface area contributed by atoms with Crippen molar-refractivity contribution in [3.63, 3.8) is 0 Å². The number of nitrogens with zero attached hydrogens (tertiary/aromatic N) is 1. The van der Waals surface area contributed by atoms with Crippen LogP contribution in [0.3, 0.4) is 0 Å². The lowest BCUT2D eigenvalue weighted by Crippen LogP contribution is -2.40. The van der Waals surface area contributed by atoms with E-state index in [0.29, 0.717) is 41.7 Å². The molecule has 0 aromatic heterocycles. The van der Waals surface area contributed by atoms with Crippen LogP contribution in [0.5, 0.6) is 17.2 Å². The van der Waals surface area contributed by atoms with Gasteiger partial charge in [0.1, 0.15) is 0 Å². The Balaban J connectivity index is 1.98. The number of carbonyl (C=O) groups is 1. The SMILES string of the molecule is COc1cc(C(=O)N(Cc2ccc(C(C)C)cc2)[C@@H]2CCS(=O)(=O)C2)cc(OC)c1OC. The highest BCUT2D eigenvalue weighted by Gasteiger charge is 2.35. The molecule has 2 aromatic rings.